The van der Waals surface area contributed by atoms with E-state index in [1.807, 2.05) is 4.90 Å². The molecule has 0 amide bonds. The van der Waals surface area contributed by atoms with Gasteiger partial charge in [0.25, 0.3) is 5.56 Å². The van der Waals surface area contributed by atoms with E-state index in [4.69, 9.17) is 26.6 Å². The Kier molecular flexibility index (Phi) is 11.6. The molecule has 0 spiro atoms. The average molecular weight is 577 g/mol. The second-order valence-corrected chi connectivity index (χ2v) is 8.88. The number of aromatic nitrogens is 2. The van der Waals surface area contributed by atoms with Gasteiger partial charge < -0.3 is 24.8 Å². The third kappa shape index (κ3) is 10.9. The number of alkyl halides is 3. The van der Waals surface area contributed by atoms with Crippen LogP contribution in [-0.2, 0) is 16.1 Å². The number of halogens is 4. The summed E-state index contributed by atoms with van der Waals surface area (Å²) < 4.78 is 43.9. The van der Waals surface area contributed by atoms with Crippen LogP contribution in [0.4, 0.5) is 18.9 Å². The number of aromatic amines is 1. The zero-order valence-electron chi connectivity index (χ0n) is 20.9. The largest absolute Gasteiger partial charge is 0.482 e. The number of rotatable bonds is 9. The van der Waals surface area contributed by atoms with Gasteiger partial charge in [-0.15, -0.1) is 0 Å². The lowest BCUT2D eigenvalue weighted by Crippen LogP contribution is -2.47. The summed E-state index contributed by atoms with van der Waals surface area (Å²) in [5.41, 5.74) is 0.350. The first-order valence-electron chi connectivity index (χ1n) is 11.7. The first-order chi connectivity index (χ1) is 18.3. The molecule has 2 heterocycles. The number of carbonyl (C=O) groups is 2. The van der Waals surface area contributed by atoms with Gasteiger partial charge in [-0.05, 0) is 32.0 Å². The van der Waals surface area contributed by atoms with Crippen molar-refractivity contribution in [3.8, 4) is 5.75 Å². The first-order valence-corrected chi connectivity index (χ1v) is 12.0. The minimum Gasteiger partial charge on any atom is -0.482 e. The summed E-state index contributed by atoms with van der Waals surface area (Å²) in [6.07, 6.45) is -1.28. The van der Waals surface area contributed by atoms with Gasteiger partial charge in [0.1, 0.15) is 5.75 Å². The highest BCUT2D eigenvalue weighted by Gasteiger charge is 2.29. The van der Waals surface area contributed by atoms with Crippen molar-refractivity contribution >= 4 is 29.2 Å². The second kappa shape index (κ2) is 14.4. The Bertz CT molecular complexity index is 1270. The third-order valence-electron chi connectivity index (χ3n) is 5.49. The van der Waals surface area contributed by atoms with Gasteiger partial charge in [0.2, 0.25) is 0 Å². The molecular weight excluding hydrogens is 549 g/mol. The van der Waals surface area contributed by atoms with Crippen LogP contribution in [-0.4, -0.2) is 82.1 Å². The fraction of sp³-hybridized carbons (Fsp3) is 0.417. The number of benzene rings is 1. The number of carboxylic acids is 2. The number of hydrogen-bond acceptors (Lipinski definition) is 7. The van der Waals surface area contributed by atoms with Crippen LogP contribution in [0.1, 0.15) is 12.0 Å². The topological polar surface area (TPSA) is 145 Å². The zero-order valence-corrected chi connectivity index (χ0v) is 21.7. The quantitative estimate of drug-likeness (QED) is 0.383. The maximum atomic E-state index is 12.6. The lowest BCUT2D eigenvalue weighted by Gasteiger charge is -2.36. The maximum absolute atomic E-state index is 12.6. The van der Waals surface area contributed by atoms with E-state index in [2.05, 4.69) is 9.88 Å². The number of nitrogens with zero attached hydrogens (tertiary/aromatic N) is 3. The average Bonchev–Trinajstić information content (AvgIpc) is 2.86. The van der Waals surface area contributed by atoms with Crippen LogP contribution in [0.15, 0.2) is 46.1 Å². The molecule has 0 unspecified atom stereocenters. The van der Waals surface area contributed by atoms with Crippen molar-refractivity contribution in [3.05, 3.63) is 68.0 Å². The van der Waals surface area contributed by atoms with Crippen LogP contribution in [0.25, 0.3) is 0 Å². The van der Waals surface area contributed by atoms with Crippen molar-refractivity contribution in [3.63, 3.8) is 0 Å². The van der Waals surface area contributed by atoms with Crippen molar-refractivity contribution in [1.29, 1.82) is 0 Å². The molecule has 3 rings (SSSR count). The Labute approximate surface area is 225 Å². The molecule has 1 saturated heterocycles. The number of anilines is 1. The Morgan fingerprint density at radius 2 is 1.69 bits per heavy atom. The van der Waals surface area contributed by atoms with E-state index in [9.17, 15) is 32.3 Å². The van der Waals surface area contributed by atoms with Crippen LogP contribution in [0, 0.1) is 6.92 Å². The molecule has 15 heteroatoms. The van der Waals surface area contributed by atoms with E-state index in [0.29, 0.717) is 74.1 Å². The third-order valence-corrected chi connectivity index (χ3v) is 5.73. The molecule has 1 aliphatic rings. The van der Waals surface area contributed by atoms with E-state index in [1.165, 1.54) is 16.8 Å². The highest BCUT2D eigenvalue weighted by Crippen LogP contribution is 2.33. The van der Waals surface area contributed by atoms with Crippen LogP contribution in [0.3, 0.4) is 0 Å². The minimum absolute atomic E-state index is 0.108. The van der Waals surface area contributed by atoms with E-state index in [0.717, 1.165) is 0 Å². The molecule has 11 nitrogen and oxygen atoms in total. The van der Waals surface area contributed by atoms with Crippen molar-refractivity contribution in [2.75, 3.05) is 44.2 Å². The first kappa shape index (κ1) is 31.4. The number of H-pyrrole nitrogens is 1. The van der Waals surface area contributed by atoms with Gasteiger partial charge >= 0.3 is 23.8 Å². The predicted octanol–water partition coefficient (Wildman–Crippen LogP) is 2.36. The summed E-state index contributed by atoms with van der Waals surface area (Å²) in [5, 5.41) is 15.9. The highest BCUT2D eigenvalue weighted by atomic mass is 35.5. The fourth-order valence-corrected chi connectivity index (χ4v) is 3.81. The van der Waals surface area contributed by atoms with Crippen LogP contribution in [0.2, 0.25) is 5.02 Å². The summed E-state index contributed by atoms with van der Waals surface area (Å²) in [6, 6.07) is 4.69. The molecule has 0 bridgehead atoms. The number of piperazine rings is 1. The molecule has 0 radical (unpaired) electrons. The molecule has 1 aliphatic heterocycles. The SMILES string of the molecule is Cc1c[nH]c(=O)n(CCCN2CCN(c3ccc(Cl)cc3OCC(F)(F)F)CC2)c1=O.O=C(O)/C=C/C(=O)O. The lowest BCUT2D eigenvalue weighted by molar-refractivity contribution is -0.153. The number of nitrogens with one attached hydrogen (secondary N) is 1. The van der Waals surface area contributed by atoms with E-state index >= 15 is 0 Å². The van der Waals surface area contributed by atoms with Crippen LogP contribution in [0.5, 0.6) is 5.75 Å². The van der Waals surface area contributed by atoms with Crippen molar-refractivity contribution in [2.24, 2.45) is 0 Å². The number of hydrogen-bond donors (Lipinski definition) is 3. The van der Waals surface area contributed by atoms with Gasteiger partial charge in [-0.3, -0.25) is 14.3 Å². The van der Waals surface area contributed by atoms with Gasteiger partial charge in [0.15, 0.2) is 6.61 Å². The molecule has 0 atom stereocenters. The van der Waals surface area contributed by atoms with Crippen molar-refractivity contribution in [1.82, 2.24) is 14.5 Å². The van der Waals surface area contributed by atoms with Gasteiger partial charge in [0.05, 0.1) is 5.69 Å². The molecular formula is C24H28ClF3N4O7. The van der Waals surface area contributed by atoms with E-state index < -0.39 is 30.4 Å². The Balaban J connectivity index is 0.000000580. The Morgan fingerprint density at radius 3 is 2.26 bits per heavy atom. The number of aryl methyl sites for hydroxylation is 1. The number of ether oxygens (including phenoxy) is 1. The van der Waals surface area contributed by atoms with Gasteiger partial charge in [0, 0.05) is 67.7 Å². The van der Waals surface area contributed by atoms with Crippen LogP contribution < -0.4 is 20.9 Å². The maximum Gasteiger partial charge on any atom is 0.422 e. The second-order valence-electron chi connectivity index (χ2n) is 8.44. The molecule has 0 aliphatic carbocycles. The summed E-state index contributed by atoms with van der Waals surface area (Å²) in [5.74, 6) is -2.41. The summed E-state index contributed by atoms with van der Waals surface area (Å²) in [4.78, 5) is 49.7. The van der Waals surface area contributed by atoms with E-state index in [-0.39, 0.29) is 11.3 Å². The monoisotopic (exact) mass is 576 g/mol. The highest BCUT2D eigenvalue weighted by molar-refractivity contribution is 6.30. The molecule has 39 heavy (non-hydrogen) atoms. The van der Waals surface area contributed by atoms with Gasteiger partial charge in [-0.25, -0.2) is 14.4 Å². The summed E-state index contributed by atoms with van der Waals surface area (Å²) in [7, 11) is 0. The van der Waals surface area contributed by atoms with Gasteiger partial charge in [-0.1, -0.05) is 11.6 Å². The standard InChI is InChI=1S/C20H24ClF3N4O3.C4H4O4/c1-14-12-25-19(30)28(18(14)29)6-2-5-26-7-9-27(10-8-26)16-4-3-15(21)11-17(16)31-13-20(22,23)24;5-3(6)1-2-4(7)8/h3-4,11-12H,2,5-10,13H2,1H3,(H,25,30);1-2H,(H,5,6)(H,7,8)/b;2-1+. The minimum atomic E-state index is -4.43. The lowest BCUT2D eigenvalue weighted by atomic mass is 10.2. The summed E-state index contributed by atoms with van der Waals surface area (Å²) in [6.45, 7) is 3.90. The smallest absolute Gasteiger partial charge is 0.422 e. The van der Waals surface area contributed by atoms with E-state index in [1.54, 1.807) is 19.1 Å². The molecule has 0 saturated carbocycles. The molecule has 3 N–H and O–H groups in total. The molecule has 1 aromatic heterocycles. The van der Waals surface area contributed by atoms with Crippen molar-refractivity contribution in [2.45, 2.75) is 26.1 Å². The number of aliphatic carboxylic acids is 2. The summed E-state index contributed by atoms with van der Waals surface area (Å²) >= 11 is 5.93. The number of carboxylic acid groups (broad SMARTS) is 2. The predicted molar refractivity (Wildman–Crippen MR) is 137 cm³/mol. The van der Waals surface area contributed by atoms with Crippen molar-refractivity contribution < 1.29 is 37.7 Å². The zero-order chi connectivity index (χ0) is 29.2. The Hall–Kier alpha value is -3.78. The molecule has 1 aromatic carbocycles. The molecule has 1 fully saturated rings. The molecule has 214 valence electrons. The fourth-order valence-electron chi connectivity index (χ4n) is 3.65. The Morgan fingerprint density at radius 1 is 1.08 bits per heavy atom. The van der Waals surface area contributed by atoms with Crippen LogP contribution >= 0.6 is 11.6 Å². The van der Waals surface area contributed by atoms with Gasteiger partial charge in [-0.2, -0.15) is 13.2 Å². The normalized spacial score (nSPS) is 14.1. The molecule has 2 aromatic rings.